The van der Waals surface area contributed by atoms with Crippen molar-refractivity contribution in [2.24, 2.45) is 0 Å². The van der Waals surface area contributed by atoms with Gasteiger partial charge in [0, 0.05) is 10.0 Å². The molecule has 0 atom stereocenters. The number of benzene rings is 1. The fourth-order valence-corrected chi connectivity index (χ4v) is 0.880. The van der Waals surface area contributed by atoms with Crippen molar-refractivity contribution < 1.29 is 5.11 Å². The molecule has 1 nitrogen and oxygen atoms in total. The number of hydrogen-bond donors (Lipinski definition) is 0. The first-order valence-corrected chi connectivity index (χ1v) is 3.08. The molecule has 0 spiro atoms. The smallest absolute Gasteiger partial charge is 0.0342 e. The SMILES string of the molecule is [O-]c1c(Cl)cccc1Cl. The molecule has 0 saturated carbocycles. The summed E-state index contributed by atoms with van der Waals surface area (Å²) in [6, 6.07) is 4.65. The third kappa shape index (κ3) is 1.29. The highest BCUT2D eigenvalue weighted by Gasteiger charge is 1.90. The molecule has 0 amide bonds. The quantitative estimate of drug-likeness (QED) is 0.572. The highest BCUT2D eigenvalue weighted by atomic mass is 35.5. The van der Waals surface area contributed by atoms with Gasteiger partial charge in [-0.2, -0.15) is 0 Å². The van der Waals surface area contributed by atoms with Crippen LogP contribution in [-0.2, 0) is 0 Å². The van der Waals surface area contributed by atoms with Crippen molar-refractivity contribution in [2.45, 2.75) is 0 Å². The van der Waals surface area contributed by atoms with Crippen molar-refractivity contribution in [3.05, 3.63) is 28.2 Å². The third-order valence-electron chi connectivity index (χ3n) is 0.919. The highest BCUT2D eigenvalue weighted by Crippen LogP contribution is 2.27. The van der Waals surface area contributed by atoms with Crippen LogP contribution in [0.1, 0.15) is 0 Å². The lowest BCUT2D eigenvalue weighted by Crippen LogP contribution is -1.90. The molecular formula is C6H3Cl2O-. The van der Waals surface area contributed by atoms with Gasteiger partial charge in [0.1, 0.15) is 0 Å². The van der Waals surface area contributed by atoms with Crippen LogP contribution in [0.15, 0.2) is 18.2 Å². The number of hydrogen-bond acceptors (Lipinski definition) is 1. The van der Waals surface area contributed by atoms with Crippen molar-refractivity contribution in [3.63, 3.8) is 0 Å². The van der Waals surface area contributed by atoms with Gasteiger partial charge in [0.25, 0.3) is 0 Å². The average Bonchev–Trinajstić information content (AvgIpc) is 1.83. The zero-order valence-electron chi connectivity index (χ0n) is 4.40. The number of rotatable bonds is 0. The monoisotopic (exact) mass is 161 g/mol. The largest absolute Gasteiger partial charge is 0.870 e. The van der Waals surface area contributed by atoms with E-state index in [0.717, 1.165) is 0 Å². The average molecular weight is 162 g/mol. The fraction of sp³-hybridized carbons (Fsp3) is 0. The van der Waals surface area contributed by atoms with Crippen LogP contribution >= 0.6 is 23.2 Å². The Bertz CT molecular complexity index is 202. The molecular weight excluding hydrogens is 159 g/mol. The molecule has 0 radical (unpaired) electrons. The van der Waals surface area contributed by atoms with E-state index in [4.69, 9.17) is 23.2 Å². The Morgan fingerprint density at radius 2 is 1.56 bits per heavy atom. The van der Waals surface area contributed by atoms with Crippen LogP contribution in [0, 0.1) is 0 Å². The van der Waals surface area contributed by atoms with Crippen LogP contribution < -0.4 is 5.11 Å². The second-order valence-corrected chi connectivity index (χ2v) is 2.37. The summed E-state index contributed by atoms with van der Waals surface area (Å²) in [7, 11) is 0. The van der Waals surface area contributed by atoms with Crippen LogP contribution in [0.2, 0.25) is 10.0 Å². The first kappa shape index (κ1) is 6.72. The Balaban J connectivity index is 3.25. The maximum Gasteiger partial charge on any atom is 0.0342 e. The molecule has 0 unspecified atom stereocenters. The highest BCUT2D eigenvalue weighted by molar-refractivity contribution is 6.36. The standard InChI is InChI=1S/C6H4Cl2O/c7-4-2-1-3-5(8)6(4)9/h1-3,9H/p-1. The van der Waals surface area contributed by atoms with E-state index < -0.39 is 0 Å². The van der Waals surface area contributed by atoms with E-state index in [2.05, 4.69) is 0 Å². The number of halogens is 2. The maximum absolute atomic E-state index is 10.7. The molecule has 0 aliphatic heterocycles. The summed E-state index contributed by atoms with van der Waals surface area (Å²) in [5.41, 5.74) is 0. The van der Waals surface area contributed by atoms with E-state index in [1.165, 1.54) is 12.1 Å². The lowest BCUT2D eigenvalue weighted by molar-refractivity contribution is -0.268. The third-order valence-corrected chi connectivity index (χ3v) is 1.51. The molecule has 1 aromatic rings. The molecule has 9 heavy (non-hydrogen) atoms. The molecule has 0 heterocycles. The predicted molar refractivity (Wildman–Crippen MR) is 35.9 cm³/mol. The Morgan fingerprint density at radius 3 is 1.89 bits per heavy atom. The molecule has 48 valence electrons. The topological polar surface area (TPSA) is 23.1 Å². The normalized spacial score (nSPS) is 9.56. The lowest BCUT2D eigenvalue weighted by atomic mass is 10.3. The van der Waals surface area contributed by atoms with Gasteiger partial charge in [-0.15, -0.1) is 0 Å². The first-order chi connectivity index (χ1) is 4.22. The minimum absolute atomic E-state index is 0.169. The Kier molecular flexibility index (Phi) is 1.84. The molecule has 0 bridgehead atoms. The van der Waals surface area contributed by atoms with Crippen LogP contribution in [-0.4, -0.2) is 0 Å². The molecule has 0 fully saturated rings. The summed E-state index contributed by atoms with van der Waals surface area (Å²) in [5.74, 6) is -0.305. The van der Waals surface area contributed by atoms with Gasteiger partial charge in [-0.3, -0.25) is 0 Å². The molecule has 0 N–H and O–H groups in total. The zero-order chi connectivity index (χ0) is 6.85. The van der Waals surface area contributed by atoms with E-state index in [-0.39, 0.29) is 15.8 Å². The Hall–Kier alpha value is -0.400. The first-order valence-electron chi connectivity index (χ1n) is 2.33. The summed E-state index contributed by atoms with van der Waals surface area (Å²) in [4.78, 5) is 0. The molecule has 1 aromatic carbocycles. The molecule has 3 heteroatoms. The van der Waals surface area contributed by atoms with Gasteiger partial charge in [-0.1, -0.05) is 35.0 Å². The van der Waals surface area contributed by atoms with Gasteiger partial charge in [-0.05, 0) is 12.1 Å². The van der Waals surface area contributed by atoms with Gasteiger partial charge in [0.15, 0.2) is 0 Å². The lowest BCUT2D eigenvalue weighted by Gasteiger charge is -2.08. The Labute approximate surface area is 62.8 Å². The van der Waals surface area contributed by atoms with E-state index in [9.17, 15) is 5.11 Å². The molecule has 0 aliphatic carbocycles. The summed E-state index contributed by atoms with van der Waals surface area (Å²) in [5, 5.41) is 11.0. The van der Waals surface area contributed by atoms with E-state index in [1.807, 2.05) is 0 Å². The molecule has 0 saturated heterocycles. The molecule has 0 aliphatic rings. The minimum Gasteiger partial charge on any atom is -0.870 e. The van der Waals surface area contributed by atoms with Crippen molar-refractivity contribution in [1.82, 2.24) is 0 Å². The summed E-state index contributed by atoms with van der Waals surface area (Å²) in [6.07, 6.45) is 0. The number of para-hydroxylation sites is 1. The Morgan fingerprint density at radius 1 is 1.11 bits per heavy atom. The van der Waals surface area contributed by atoms with Crippen molar-refractivity contribution in [3.8, 4) is 5.75 Å². The summed E-state index contributed by atoms with van der Waals surface area (Å²) in [6.45, 7) is 0. The predicted octanol–water partition coefficient (Wildman–Crippen LogP) is 2.07. The van der Waals surface area contributed by atoms with Gasteiger partial charge < -0.3 is 5.11 Å². The summed E-state index contributed by atoms with van der Waals surface area (Å²) < 4.78 is 0. The van der Waals surface area contributed by atoms with E-state index in [0.29, 0.717) is 0 Å². The van der Waals surface area contributed by atoms with Gasteiger partial charge in [0.05, 0.1) is 0 Å². The fourth-order valence-electron chi connectivity index (χ4n) is 0.483. The van der Waals surface area contributed by atoms with Crippen LogP contribution in [0.5, 0.6) is 5.75 Å². The van der Waals surface area contributed by atoms with Crippen LogP contribution in [0.25, 0.3) is 0 Å². The zero-order valence-corrected chi connectivity index (χ0v) is 5.91. The minimum atomic E-state index is -0.305. The second-order valence-electron chi connectivity index (χ2n) is 1.55. The molecule has 0 aromatic heterocycles. The van der Waals surface area contributed by atoms with Crippen LogP contribution in [0.4, 0.5) is 0 Å². The van der Waals surface area contributed by atoms with Crippen molar-refractivity contribution in [1.29, 1.82) is 0 Å². The van der Waals surface area contributed by atoms with Gasteiger partial charge in [0.2, 0.25) is 0 Å². The van der Waals surface area contributed by atoms with Gasteiger partial charge in [-0.25, -0.2) is 0 Å². The summed E-state index contributed by atoms with van der Waals surface area (Å²) >= 11 is 10.8. The van der Waals surface area contributed by atoms with Crippen molar-refractivity contribution in [2.75, 3.05) is 0 Å². The van der Waals surface area contributed by atoms with Gasteiger partial charge >= 0.3 is 0 Å². The van der Waals surface area contributed by atoms with E-state index >= 15 is 0 Å². The molecule has 1 rings (SSSR count). The van der Waals surface area contributed by atoms with Crippen LogP contribution in [0.3, 0.4) is 0 Å². The van der Waals surface area contributed by atoms with E-state index in [1.54, 1.807) is 6.07 Å². The van der Waals surface area contributed by atoms with Crippen molar-refractivity contribution >= 4 is 23.2 Å². The second kappa shape index (κ2) is 2.46. The maximum atomic E-state index is 10.7.